The maximum atomic E-state index is 11.9. The molecule has 0 bridgehead atoms. The third-order valence-electron chi connectivity index (χ3n) is 3.12. The van der Waals surface area contributed by atoms with Crippen molar-refractivity contribution in [3.8, 4) is 0 Å². The lowest BCUT2D eigenvalue weighted by Gasteiger charge is -2.44. The molecule has 0 saturated carbocycles. The summed E-state index contributed by atoms with van der Waals surface area (Å²) in [6.45, 7) is 8.56. The van der Waals surface area contributed by atoms with Gasteiger partial charge >= 0.3 is 0 Å². The highest BCUT2D eigenvalue weighted by atomic mass is 79.9. The third kappa shape index (κ3) is 2.06. The number of carbonyl (C=O) groups excluding carboxylic acids is 1. The van der Waals surface area contributed by atoms with E-state index < -0.39 is 0 Å². The van der Waals surface area contributed by atoms with Crippen molar-refractivity contribution in [1.29, 1.82) is 0 Å². The lowest BCUT2D eigenvalue weighted by Crippen LogP contribution is -2.54. The highest BCUT2D eigenvalue weighted by molar-refractivity contribution is 9.10. The molecule has 17 heavy (non-hydrogen) atoms. The average Bonchev–Trinajstić information content (AvgIpc) is 2.17. The lowest BCUT2D eigenvalue weighted by molar-refractivity contribution is -0.117. The van der Waals surface area contributed by atoms with Gasteiger partial charge in [0.2, 0.25) is 5.91 Å². The summed E-state index contributed by atoms with van der Waals surface area (Å²) in [5.41, 5.74) is 2.92. The predicted molar refractivity (Wildman–Crippen MR) is 74.6 cm³/mol. The minimum atomic E-state index is -0.197. The first kappa shape index (κ1) is 12.4. The fraction of sp³-hybridized carbons (Fsp3) is 0.462. The minimum Gasteiger partial charge on any atom is -0.381 e. The van der Waals surface area contributed by atoms with Crippen LogP contribution in [0.5, 0.6) is 0 Å². The van der Waals surface area contributed by atoms with Crippen molar-refractivity contribution in [3.63, 3.8) is 0 Å². The molecule has 1 aromatic rings. The van der Waals surface area contributed by atoms with Gasteiger partial charge in [0.1, 0.15) is 0 Å². The number of aryl methyl sites for hydroxylation is 1. The van der Waals surface area contributed by atoms with E-state index in [1.54, 1.807) is 6.92 Å². The van der Waals surface area contributed by atoms with Gasteiger partial charge in [-0.05, 0) is 38.5 Å². The molecule has 1 aromatic carbocycles. The van der Waals surface area contributed by atoms with Crippen LogP contribution in [0.4, 0.5) is 11.4 Å². The largest absolute Gasteiger partial charge is 0.381 e. The molecule has 0 aliphatic carbocycles. The van der Waals surface area contributed by atoms with Crippen LogP contribution in [0.25, 0.3) is 0 Å². The summed E-state index contributed by atoms with van der Waals surface area (Å²) in [6, 6.07) is 4.06. The molecule has 92 valence electrons. The van der Waals surface area contributed by atoms with E-state index in [-0.39, 0.29) is 11.4 Å². The van der Waals surface area contributed by atoms with Crippen LogP contribution in [0.2, 0.25) is 0 Å². The first-order chi connectivity index (χ1) is 7.83. The SMILES string of the molecule is CC(=O)N1c2c(C)cc(Br)cc2NCC1(C)C. The number of nitrogens with zero attached hydrogens (tertiary/aromatic N) is 1. The van der Waals surface area contributed by atoms with Gasteiger partial charge in [-0.3, -0.25) is 4.79 Å². The van der Waals surface area contributed by atoms with Crippen molar-refractivity contribution in [2.75, 3.05) is 16.8 Å². The van der Waals surface area contributed by atoms with Crippen LogP contribution in [0.15, 0.2) is 16.6 Å². The van der Waals surface area contributed by atoms with Crippen molar-refractivity contribution in [3.05, 3.63) is 22.2 Å². The second-order valence-electron chi connectivity index (χ2n) is 5.14. The van der Waals surface area contributed by atoms with Crippen LogP contribution < -0.4 is 10.2 Å². The molecule has 0 aromatic heterocycles. The van der Waals surface area contributed by atoms with E-state index in [0.29, 0.717) is 0 Å². The number of halogens is 1. The summed E-state index contributed by atoms with van der Waals surface area (Å²) in [5, 5.41) is 3.40. The van der Waals surface area contributed by atoms with Crippen LogP contribution in [0.1, 0.15) is 26.3 Å². The van der Waals surface area contributed by atoms with E-state index in [2.05, 4.69) is 35.1 Å². The monoisotopic (exact) mass is 296 g/mol. The molecule has 1 aliphatic rings. The van der Waals surface area contributed by atoms with E-state index in [1.165, 1.54) is 0 Å². The standard InChI is InChI=1S/C13H17BrN2O/c1-8-5-10(14)6-11-12(8)16(9(2)17)13(3,4)7-15-11/h5-6,15H,7H2,1-4H3. The Morgan fingerprint density at radius 3 is 2.71 bits per heavy atom. The maximum Gasteiger partial charge on any atom is 0.224 e. The molecular formula is C13H17BrN2O. The molecule has 0 atom stereocenters. The van der Waals surface area contributed by atoms with Crippen LogP contribution >= 0.6 is 15.9 Å². The summed E-state index contributed by atoms with van der Waals surface area (Å²) >= 11 is 3.48. The van der Waals surface area contributed by atoms with Crippen molar-refractivity contribution >= 4 is 33.2 Å². The lowest BCUT2D eigenvalue weighted by atomic mass is 9.95. The zero-order chi connectivity index (χ0) is 12.8. The number of hydrogen-bond donors (Lipinski definition) is 1. The highest BCUT2D eigenvalue weighted by Gasteiger charge is 2.36. The Labute approximate surface area is 110 Å². The fourth-order valence-electron chi connectivity index (χ4n) is 2.44. The fourth-order valence-corrected chi connectivity index (χ4v) is 3.02. The molecule has 0 fully saturated rings. The summed E-state index contributed by atoms with van der Waals surface area (Å²) in [7, 11) is 0. The van der Waals surface area contributed by atoms with Gasteiger partial charge in [0.25, 0.3) is 0 Å². The number of benzene rings is 1. The van der Waals surface area contributed by atoms with E-state index in [0.717, 1.165) is 28.0 Å². The smallest absolute Gasteiger partial charge is 0.224 e. The topological polar surface area (TPSA) is 32.3 Å². The number of rotatable bonds is 0. The number of hydrogen-bond acceptors (Lipinski definition) is 2. The summed E-state index contributed by atoms with van der Waals surface area (Å²) in [6.07, 6.45) is 0. The zero-order valence-electron chi connectivity index (χ0n) is 10.6. The van der Waals surface area contributed by atoms with Crippen molar-refractivity contribution in [2.45, 2.75) is 33.2 Å². The molecule has 0 unspecified atom stereocenters. The molecule has 4 heteroatoms. The molecule has 3 nitrogen and oxygen atoms in total. The summed E-state index contributed by atoms with van der Waals surface area (Å²) < 4.78 is 1.03. The normalized spacial score (nSPS) is 17.4. The number of carbonyl (C=O) groups is 1. The van der Waals surface area contributed by atoms with Crippen molar-refractivity contribution in [1.82, 2.24) is 0 Å². The van der Waals surface area contributed by atoms with E-state index in [9.17, 15) is 4.79 Å². The van der Waals surface area contributed by atoms with Gasteiger partial charge in [0, 0.05) is 17.9 Å². The third-order valence-corrected chi connectivity index (χ3v) is 3.58. The van der Waals surface area contributed by atoms with Gasteiger partial charge in [-0.15, -0.1) is 0 Å². The Morgan fingerprint density at radius 1 is 1.47 bits per heavy atom. The molecule has 1 N–H and O–H groups in total. The number of anilines is 2. The quantitative estimate of drug-likeness (QED) is 0.796. The Bertz CT molecular complexity index is 483. The van der Waals surface area contributed by atoms with E-state index in [1.807, 2.05) is 24.0 Å². The van der Waals surface area contributed by atoms with E-state index >= 15 is 0 Å². The molecule has 1 heterocycles. The maximum absolute atomic E-state index is 11.9. The van der Waals surface area contributed by atoms with Crippen LogP contribution in [0.3, 0.4) is 0 Å². The van der Waals surface area contributed by atoms with Gasteiger partial charge in [0.15, 0.2) is 0 Å². The molecule has 1 aliphatic heterocycles. The molecule has 1 amide bonds. The van der Waals surface area contributed by atoms with Gasteiger partial charge < -0.3 is 10.2 Å². The first-order valence-electron chi connectivity index (χ1n) is 5.68. The van der Waals surface area contributed by atoms with Gasteiger partial charge in [0.05, 0.1) is 16.9 Å². The Morgan fingerprint density at radius 2 is 2.12 bits per heavy atom. The first-order valence-corrected chi connectivity index (χ1v) is 6.47. The molecule has 0 saturated heterocycles. The molecule has 0 spiro atoms. The predicted octanol–water partition coefficient (Wildman–Crippen LogP) is 3.31. The highest BCUT2D eigenvalue weighted by Crippen LogP contribution is 2.40. The number of nitrogens with one attached hydrogen (secondary N) is 1. The molecule has 0 radical (unpaired) electrons. The molecular weight excluding hydrogens is 280 g/mol. The van der Waals surface area contributed by atoms with Gasteiger partial charge in [-0.1, -0.05) is 15.9 Å². The van der Waals surface area contributed by atoms with Crippen LogP contribution in [-0.2, 0) is 4.79 Å². The van der Waals surface area contributed by atoms with Crippen molar-refractivity contribution in [2.24, 2.45) is 0 Å². The van der Waals surface area contributed by atoms with E-state index in [4.69, 9.17) is 0 Å². The van der Waals surface area contributed by atoms with Crippen LogP contribution in [-0.4, -0.2) is 18.0 Å². The summed E-state index contributed by atoms with van der Waals surface area (Å²) in [5.74, 6) is 0.0863. The Balaban J connectivity index is 2.64. The summed E-state index contributed by atoms with van der Waals surface area (Å²) in [4.78, 5) is 13.8. The Kier molecular flexibility index (Phi) is 2.94. The van der Waals surface area contributed by atoms with Crippen LogP contribution in [0, 0.1) is 6.92 Å². The zero-order valence-corrected chi connectivity index (χ0v) is 12.2. The van der Waals surface area contributed by atoms with Gasteiger partial charge in [-0.2, -0.15) is 0 Å². The van der Waals surface area contributed by atoms with Gasteiger partial charge in [-0.25, -0.2) is 0 Å². The Hall–Kier alpha value is -1.03. The number of fused-ring (bicyclic) bond motifs is 1. The van der Waals surface area contributed by atoms with Crippen molar-refractivity contribution < 1.29 is 4.79 Å². The average molecular weight is 297 g/mol. The second-order valence-corrected chi connectivity index (χ2v) is 6.05. The second kappa shape index (κ2) is 4.02. The minimum absolute atomic E-state index is 0.0863. The molecule has 2 rings (SSSR count). The number of amides is 1.